The first kappa shape index (κ1) is 23.7. The zero-order valence-corrected chi connectivity index (χ0v) is 17.1. The van der Waals surface area contributed by atoms with Gasteiger partial charge < -0.3 is 10.6 Å². The first-order valence-corrected chi connectivity index (χ1v) is 9.42. The average molecular weight is 396 g/mol. The fourth-order valence-corrected chi connectivity index (χ4v) is 3.89. The second-order valence-electron chi connectivity index (χ2n) is 6.00. The first-order valence-electron chi connectivity index (χ1n) is 8.48. The van der Waals surface area contributed by atoms with E-state index in [4.69, 9.17) is 0 Å². The van der Waals surface area contributed by atoms with Crippen molar-refractivity contribution in [1.29, 1.82) is 0 Å². The van der Waals surface area contributed by atoms with Crippen LogP contribution in [-0.2, 0) is 4.79 Å². The summed E-state index contributed by atoms with van der Waals surface area (Å²) in [7, 11) is 0. The Morgan fingerprint density at radius 1 is 1.42 bits per heavy atom. The number of likely N-dealkylation sites (N-methyl/N-ethyl adjacent to an activating group) is 1. The van der Waals surface area contributed by atoms with Gasteiger partial charge in [0.25, 0.3) is 0 Å². The maximum atomic E-state index is 12.1. The van der Waals surface area contributed by atoms with Crippen molar-refractivity contribution in [3.05, 3.63) is 22.4 Å². The lowest BCUT2D eigenvalue weighted by Gasteiger charge is -2.29. The Morgan fingerprint density at radius 3 is 2.71 bits per heavy atom. The van der Waals surface area contributed by atoms with Crippen molar-refractivity contribution in [1.82, 2.24) is 15.5 Å². The highest BCUT2D eigenvalue weighted by atomic mass is 35.5. The van der Waals surface area contributed by atoms with E-state index in [0.717, 1.165) is 32.6 Å². The fraction of sp³-hybridized carbons (Fsp3) is 0.706. The number of hydrogen-bond donors (Lipinski definition) is 2. The molecule has 1 fully saturated rings. The Kier molecular flexibility index (Phi) is 12.8. The summed E-state index contributed by atoms with van der Waals surface area (Å²) >= 11 is 1.72. The predicted molar refractivity (Wildman–Crippen MR) is 108 cm³/mol. The largest absolute Gasteiger partial charge is 0.354 e. The zero-order valence-electron chi connectivity index (χ0n) is 14.6. The van der Waals surface area contributed by atoms with Gasteiger partial charge in [0.2, 0.25) is 5.91 Å². The molecule has 2 atom stereocenters. The molecule has 1 aromatic rings. The van der Waals surface area contributed by atoms with E-state index in [1.54, 1.807) is 11.3 Å². The van der Waals surface area contributed by atoms with Gasteiger partial charge in [-0.3, -0.25) is 9.69 Å². The van der Waals surface area contributed by atoms with Crippen LogP contribution in [0.25, 0.3) is 0 Å². The van der Waals surface area contributed by atoms with Crippen LogP contribution in [0.3, 0.4) is 0 Å². The van der Waals surface area contributed by atoms with Crippen molar-refractivity contribution >= 4 is 42.1 Å². The Bertz CT molecular complexity index is 435. The van der Waals surface area contributed by atoms with E-state index in [1.807, 2.05) is 0 Å². The van der Waals surface area contributed by atoms with Crippen LogP contribution in [0.2, 0.25) is 0 Å². The van der Waals surface area contributed by atoms with Crippen LogP contribution in [0.15, 0.2) is 16.8 Å². The number of nitrogens with one attached hydrogen (secondary N) is 2. The number of hydrogen-bond acceptors (Lipinski definition) is 4. The molecular formula is C17H31Cl2N3OS. The SMILES string of the molecule is CCN(CC)C(CNC(=O)CCC1CCNC1)c1ccsc1.Cl.Cl. The number of amides is 1. The summed E-state index contributed by atoms with van der Waals surface area (Å²) in [5, 5.41) is 10.8. The molecule has 0 radical (unpaired) electrons. The van der Waals surface area contributed by atoms with E-state index in [-0.39, 0.29) is 30.7 Å². The average Bonchev–Trinajstić information content (AvgIpc) is 3.22. The second-order valence-corrected chi connectivity index (χ2v) is 6.78. The molecule has 1 amide bonds. The van der Waals surface area contributed by atoms with Gasteiger partial charge in [-0.1, -0.05) is 13.8 Å². The van der Waals surface area contributed by atoms with E-state index < -0.39 is 0 Å². The van der Waals surface area contributed by atoms with Crippen LogP contribution < -0.4 is 10.6 Å². The van der Waals surface area contributed by atoms with Crippen molar-refractivity contribution in [3.8, 4) is 0 Å². The fourth-order valence-electron chi connectivity index (χ4n) is 3.18. The maximum absolute atomic E-state index is 12.1. The van der Waals surface area contributed by atoms with Gasteiger partial charge in [-0.2, -0.15) is 11.3 Å². The van der Waals surface area contributed by atoms with Gasteiger partial charge in [0.05, 0.1) is 6.04 Å². The van der Waals surface area contributed by atoms with E-state index in [1.165, 1.54) is 12.0 Å². The molecule has 1 aromatic heterocycles. The monoisotopic (exact) mass is 395 g/mol. The quantitative estimate of drug-likeness (QED) is 0.672. The predicted octanol–water partition coefficient (Wildman–Crippen LogP) is 3.48. The molecule has 0 spiro atoms. The van der Waals surface area contributed by atoms with Crippen LogP contribution in [-0.4, -0.2) is 43.5 Å². The van der Waals surface area contributed by atoms with Gasteiger partial charge in [-0.05, 0) is 67.3 Å². The van der Waals surface area contributed by atoms with Gasteiger partial charge in [-0.15, -0.1) is 24.8 Å². The number of thiophene rings is 1. The number of nitrogens with zero attached hydrogens (tertiary/aromatic N) is 1. The van der Waals surface area contributed by atoms with Crippen molar-refractivity contribution in [2.24, 2.45) is 5.92 Å². The molecule has 2 unspecified atom stereocenters. The summed E-state index contributed by atoms with van der Waals surface area (Å²) in [6, 6.07) is 2.46. The van der Waals surface area contributed by atoms with Crippen molar-refractivity contribution in [2.75, 3.05) is 32.7 Å². The zero-order chi connectivity index (χ0) is 15.8. The molecule has 4 nitrogen and oxygen atoms in total. The second kappa shape index (κ2) is 13.0. The molecule has 0 saturated carbocycles. The van der Waals surface area contributed by atoms with Crippen LogP contribution in [0.1, 0.15) is 44.7 Å². The molecule has 2 N–H and O–H groups in total. The van der Waals surface area contributed by atoms with Crippen molar-refractivity contribution < 1.29 is 4.79 Å². The van der Waals surface area contributed by atoms with Crippen LogP contribution >= 0.6 is 36.2 Å². The Hall–Kier alpha value is -0.330. The molecule has 0 aliphatic carbocycles. The lowest BCUT2D eigenvalue weighted by atomic mass is 10.0. The highest BCUT2D eigenvalue weighted by Crippen LogP contribution is 2.22. The number of carbonyl (C=O) groups excluding carboxylic acids is 1. The highest BCUT2D eigenvalue weighted by molar-refractivity contribution is 7.07. The number of rotatable bonds is 9. The number of halogens is 2. The van der Waals surface area contributed by atoms with Crippen LogP contribution in [0, 0.1) is 5.92 Å². The number of carbonyl (C=O) groups is 1. The van der Waals surface area contributed by atoms with Crippen molar-refractivity contribution in [3.63, 3.8) is 0 Å². The molecular weight excluding hydrogens is 365 g/mol. The minimum Gasteiger partial charge on any atom is -0.354 e. The van der Waals surface area contributed by atoms with Gasteiger partial charge in [0.1, 0.15) is 0 Å². The minimum absolute atomic E-state index is 0. The highest BCUT2D eigenvalue weighted by Gasteiger charge is 2.20. The van der Waals surface area contributed by atoms with E-state index in [0.29, 0.717) is 24.9 Å². The smallest absolute Gasteiger partial charge is 0.220 e. The lowest BCUT2D eigenvalue weighted by molar-refractivity contribution is -0.121. The lowest BCUT2D eigenvalue weighted by Crippen LogP contribution is -2.38. The van der Waals surface area contributed by atoms with Crippen LogP contribution in [0.5, 0.6) is 0 Å². The topological polar surface area (TPSA) is 44.4 Å². The molecule has 1 aliphatic heterocycles. The van der Waals surface area contributed by atoms with Gasteiger partial charge in [0, 0.05) is 13.0 Å². The van der Waals surface area contributed by atoms with E-state index >= 15 is 0 Å². The molecule has 24 heavy (non-hydrogen) atoms. The van der Waals surface area contributed by atoms with Gasteiger partial charge in [-0.25, -0.2) is 0 Å². The molecule has 1 saturated heterocycles. The minimum atomic E-state index is 0. The molecule has 2 heterocycles. The van der Waals surface area contributed by atoms with Gasteiger partial charge in [0.15, 0.2) is 0 Å². The summed E-state index contributed by atoms with van der Waals surface area (Å²) in [5.41, 5.74) is 1.31. The Morgan fingerprint density at radius 2 is 2.17 bits per heavy atom. The summed E-state index contributed by atoms with van der Waals surface area (Å²) in [6.07, 6.45) is 2.87. The summed E-state index contributed by atoms with van der Waals surface area (Å²) in [4.78, 5) is 14.5. The van der Waals surface area contributed by atoms with E-state index in [9.17, 15) is 4.79 Å². The third-order valence-electron chi connectivity index (χ3n) is 4.62. The maximum Gasteiger partial charge on any atom is 0.220 e. The van der Waals surface area contributed by atoms with Crippen molar-refractivity contribution in [2.45, 2.75) is 39.2 Å². The molecule has 0 aromatic carbocycles. The molecule has 7 heteroatoms. The Labute approximate surface area is 162 Å². The molecule has 2 rings (SSSR count). The summed E-state index contributed by atoms with van der Waals surface area (Å²) in [6.45, 7) is 9.25. The normalized spacial score (nSPS) is 17.9. The molecule has 1 aliphatic rings. The molecule has 0 bridgehead atoms. The van der Waals surface area contributed by atoms with Gasteiger partial charge >= 0.3 is 0 Å². The molecule has 140 valence electrons. The third kappa shape index (κ3) is 7.28. The Balaban J connectivity index is 0.00000264. The third-order valence-corrected chi connectivity index (χ3v) is 5.32. The first-order chi connectivity index (χ1) is 10.7. The standard InChI is InChI=1S/C17H29N3OS.2ClH/c1-3-20(4-2)16(15-8-10-22-13-15)12-19-17(21)6-5-14-7-9-18-11-14;;/h8,10,13-14,16,18H,3-7,9,11-12H2,1-2H3,(H,19,21);2*1H. The summed E-state index contributed by atoms with van der Waals surface area (Å²) in [5.74, 6) is 0.875. The summed E-state index contributed by atoms with van der Waals surface area (Å²) < 4.78 is 0. The van der Waals surface area contributed by atoms with Crippen LogP contribution in [0.4, 0.5) is 0 Å². The van der Waals surface area contributed by atoms with E-state index in [2.05, 4.69) is 46.2 Å².